The molecule has 2 bridgehead atoms. The first kappa shape index (κ1) is 26.4. The Bertz CT molecular complexity index is 1360. The lowest BCUT2D eigenvalue weighted by Crippen LogP contribution is -2.42. The highest BCUT2D eigenvalue weighted by molar-refractivity contribution is 6.58. The third-order valence-corrected chi connectivity index (χ3v) is 8.00. The van der Waals surface area contributed by atoms with Crippen molar-refractivity contribution in [1.82, 2.24) is 20.4 Å². The molecule has 2 aliphatic rings. The number of ether oxygens (including phenoxy) is 1. The fraction of sp³-hybridized carbons (Fsp3) is 0.462. The number of aromatic nitrogens is 4. The Kier molecular flexibility index (Phi) is 6.43. The van der Waals surface area contributed by atoms with Crippen molar-refractivity contribution in [3.05, 3.63) is 42.1 Å². The summed E-state index contributed by atoms with van der Waals surface area (Å²) in [5.41, 5.74) is 0.473. The smallest absolute Gasteiger partial charge is 0.232 e. The van der Waals surface area contributed by atoms with Gasteiger partial charge in [-0.15, -0.1) is 15.3 Å². The standard InChI is InChI=1S/C26H32B3F2N5O2/c1-24-6-7-25(2,13-24)11-15(10-24)36(3)19-5-4-17(33-34-19)21-18(37)9-16(22(30)23(21)31)14-8-20(35-32-12-14)38-26(27,28)29/h4-5,8-9,12,15,37H,6-7,10-11,13,27-29H2,1-3H3/t15-,24-,25+. The van der Waals surface area contributed by atoms with Crippen molar-refractivity contribution < 1.29 is 18.6 Å². The molecule has 0 aliphatic heterocycles. The number of hydrogen-bond acceptors (Lipinski definition) is 7. The van der Waals surface area contributed by atoms with Gasteiger partial charge < -0.3 is 14.7 Å². The highest BCUT2D eigenvalue weighted by Crippen LogP contribution is 2.58. The van der Waals surface area contributed by atoms with E-state index in [0.717, 1.165) is 18.9 Å². The van der Waals surface area contributed by atoms with Crippen LogP contribution >= 0.6 is 0 Å². The average molecular weight is 517 g/mol. The lowest BCUT2D eigenvalue weighted by Gasteiger charge is -2.44. The van der Waals surface area contributed by atoms with Crippen LogP contribution in [0.15, 0.2) is 30.5 Å². The fourth-order valence-corrected chi connectivity index (χ4v) is 6.40. The first-order valence-corrected chi connectivity index (χ1v) is 13.1. The van der Waals surface area contributed by atoms with E-state index in [1.807, 2.05) is 30.6 Å². The van der Waals surface area contributed by atoms with Crippen molar-refractivity contribution in [2.24, 2.45) is 10.8 Å². The maximum Gasteiger partial charge on any atom is 0.232 e. The molecule has 1 aromatic carbocycles. The van der Waals surface area contributed by atoms with Gasteiger partial charge in [-0.3, -0.25) is 0 Å². The molecular formula is C26H32B3F2N5O2. The van der Waals surface area contributed by atoms with Crippen LogP contribution in [0.2, 0.25) is 0 Å². The first-order valence-electron chi connectivity index (χ1n) is 13.1. The van der Waals surface area contributed by atoms with Crippen LogP contribution in [0.5, 0.6) is 11.6 Å². The van der Waals surface area contributed by atoms with Crippen molar-refractivity contribution in [3.63, 3.8) is 0 Å². The van der Waals surface area contributed by atoms with Crippen LogP contribution in [0.4, 0.5) is 14.6 Å². The molecule has 5 rings (SSSR count). The predicted molar refractivity (Wildman–Crippen MR) is 151 cm³/mol. The second-order valence-electron chi connectivity index (χ2n) is 12.7. The molecule has 0 spiro atoms. The van der Waals surface area contributed by atoms with Crippen LogP contribution in [0.25, 0.3) is 22.4 Å². The molecule has 2 saturated carbocycles. The molecule has 3 atom stereocenters. The van der Waals surface area contributed by atoms with E-state index >= 15 is 8.78 Å². The van der Waals surface area contributed by atoms with E-state index < -0.39 is 22.7 Å². The minimum atomic E-state index is -1.21. The monoisotopic (exact) mass is 517 g/mol. The van der Waals surface area contributed by atoms with Gasteiger partial charge in [0.1, 0.15) is 29.3 Å². The molecule has 2 fully saturated rings. The van der Waals surface area contributed by atoms with E-state index in [2.05, 4.69) is 39.1 Å². The summed E-state index contributed by atoms with van der Waals surface area (Å²) in [6, 6.07) is 6.27. The number of fused-ring (bicyclic) bond motifs is 2. The number of anilines is 1. The van der Waals surface area contributed by atoms with Crippen LogP contribution in [-0.2, 0) is 0 Å². The zero-order valence-electron chi connectivity index (χ0n) is 22.8. The fourth-order valence-electron chi connectivity index (χ4n) is 6.40. The van der Waals surface area contributed by atoms with Gasteiger partial charge in [0.05, 0.1) is 17.5 Å². The number of nitrogens with zero attached hydrogens (tertiary/aromatic N) is 5. The highest BCUT2D eigenvalue weighted by Gasteiger charge is 2.50. The third-order valence-electron chi connectivity index (χ3n) is 8.00. The number of benzene rings is 1. The van der Waals surface area contributed by atoms with E-state index in [1.165, 1.54) is 31.5 Å². The summed E-state index contributed by atoms with van der Waals surface area (Å²) in [5, 5.41) is 26.4. The molecule has 12 heteroatoms. The molecule has 0 saturated heterocycles. The van der Waals surface area contributed by atoms with Crippen LogP contribution < -0.4 is 9.64 Å². The Balaban J connectivity index is 1.41. The molecule has 196 valence electrons. The number of phenols is 1. The van der Waals surface area contributed by atoms with Gasteiger partial charge in [-0.25, -0.2) is 8.78 Å². The minimum Gasteiger partial charge on any atom is -0.507 e. The highest BCUT2D eigenvalue weighted by atomic mass is 19.2. The normalized spacial score (nSPS) is 24.8. The molecule has 0 amide bonds. The SMILES string of the molecule is BC(B)(B)Oc1cc(-c2cc(O)c(-c3ccc(N(C)[C@H]4C[C@]5(C)CC[C@](C)(C4)C5)nn3)c(F)c2F)cnn1. The van der Waals surface area contributed by atoms with E-state index in [-0.39, 0.29) is 28.3 Å². The zero-order chi connectivity index (χ0) is 27.5. The quantitative estimate of drug-likeness (QED) is 0.503. The Morgan fingerprint density at radius 2 is 1.71 bits per heavy atom. The molecule has 2 aliphatic carbocycles. The molecule has 0 radical (unpaired) electrons. The first-order chi connectivity index (χ1) is 17.8. The zero-order valence-corrected chi connectivity index (χ0v) is 22.8. The molecule has 0 unspecified atom stereocenters. The summed E-state index contributed by atoms with van der Waals surface area (Å²) < 4.78 is 36.2. The summed E-state index contributed by atoms with van der Waals surface area (Å²) in [7, 11) is 7.53. The molecular weight excluding hydrogens is 485 g/mol. The maximum absolute atomic E-state index is 15.3. The molecule has 7 nitrogen and oxygen atoms in total. The average Bonchev–Trinajstić information content (AvgIpc) is 3.07. The molecule has 3 aromatic rings. The Labute approximate surface area is 224 Å². The Hall–Kier alpha value is -3.17. The number of aromatic hydroxyl groups is 1. The van der Waals surface area contributed by atoms with E-state index in [9.17, 15) is 5.11 Å². The molecule has 2 aromatic heterocycles. The topological polar surface area (TPSA) is 84.3 Å². The van der Waals surface area contributed by atoms with Crippen molar-refractivity contribution in [3.8, 4) is 34.0 Å². The van der Waals surface area contributed by atoms with Crippen molar-refractivity contribution >= 4 is 29.4 Å². The summed E-state index contributed by atoms with van der Waals surface area (Å²) in [6.45, 7) is 4.74. The van der Waals surface area contributed by atoms with Gasteiger partial charge in [-0.1, -0.05) is 13.8 Å². The van der Waals surface area contributed by atoms with Crippen LogP contribution in [-0.4, -0.2) is 67.4 Å². The van der Waals surface area contributed by atoms with Gasteiger partial charge in [0.15, 0.2) is 17.5 Å². The predicted octanol–water partition coefficient (Wildman–Crippen LogP) is 2.27. The van der Waals surface area contributed by atoms with E-state index in [1.54, 1.807) is 12.1 Å². The minimum absolute atomic E-state index is 0.0508. The summed E-state index contributed by atoms with van der Waals surface area (Å²) in [6.07, 6.45) is 7.23. The number of rotatable bonds is 6. The van der Waals surface area contributed by atoms with Gasteiger partial charge in [0.25, 0.3) is 0 Å². The van der Waals surface area contributed by atoms with Crippen LogP contribution in [0, 0.1) is 22.5 Å². The Morgan fingerprint density at radius 3 is 2.32 bits per heavy atom. The third kappa shape index (κ3) is 5.09. The van der Waals surface area contributed by atoms with Gasteiger partial charge in [-0.2, -0.15) is 5.10 Å². The molecule has 1 N–H and O–H groups in total. The lowest BCUT2D eigenvalue weighted by molar-refractivity contribution is 0.148. The van der Waals surface area contributed by atoms with Gasteiger partial charge in [0, 0.05) is 35.6 Å². The molecule has 38 heavy (non-hydrogen) atoms. The summed E-state index contributed by atoms with van der Waals surface area (Å²) >= 11 is 0. The van der Waals surface area contributed by atoms with Crippen LogP contribution in [0.1, 0.15) is 46.0 Å². The second-order valence-corrected chi connectivity index (χ2v) is 12.7. The lowest BCUT2D eigenvalue weighted by atomic mass is 9.52. The number of hydrogen-bond donors (Lipinski definition) is 1. The number of halogens is 2. The Morgan fingerprint density at radius 1 is 1.03 bits per heavy atom. The second kappa shape index (κ2) is 9.24. The van der Waals surface area contributed by atoms with Gasteiger partial charge in [-0.05, 0) is 61.1 Å². The van der Waals surface area contributed by atoms with Crippen molar-refractivity contribution in [2.75, 3.05) is 11.9 Å². The van der Waals surface area contributed by atoms with E-state index in [0.29, 0.717) is 22.7 Å². The molecule has 2 heterocycles. The van der Waals surface area contributed by atoms with Crippen molar-refractivity contribution in [2.45, 2.75) is 57.3 Å². The van der Waals surface area contributed by atoms with E-state index in [4.69, 9.17) is 4.74 Å². The van der Waals surface area contributed by atoms with Gasteiger partial charge >= 0.3 is 0 Å². The largest absolute Gasteiger partial charge is 0.507 e. The number of phenolic OH excluding ortho intramolecular Hbond substituents is 1. The summed E-state index contributed by atoms with van der Waals surface area (Å²) in [4.78, 5) is 2.14. The van der Waals surface area contributed by atoms with Crippen LogP contribution in [0.3, 0.4) is 0 Å². The van der Waals surface area contributed by atoms with Crippen molar-refractivity contribution in [1.29, 1.82) is 0 Å². The summed E-state index contributed by atoms with van der Waals surface area (Å²) in [5.74, 6) is -1.96. The van der Waals surface area contributed by atoms with Gasteiger partial charge in [0.2, 0.25) is 5.88 Å². The maximum atomic E-state index is 15.3.